The summed E-state index contributed by atoms with van der Waals surface area (Å²) in [6, 6.07) is 5.71. The van der Waals surface area contributed by atoms with Gasteiger partial charge in [-0.2, -0.15) is 0 Å². The Bertz CT molecular complexity index is 1590. The van der Waals surface area contributed by atoms with Crippen molar-refractivity contribution in [1.29, 1.82) is 0 Å². The van der Waals surface area contributed by atoms with Gasteiger partial charge in [-0.05, 0) is 25.0 Å². The van der Waals surface area contributed by atoms with E-state index in [-0.39, 0.29) is 42.3 Å². The number of amides is 3. The van der Waals surface area contributed by atoms with Gasteiger partial charge in [-0.15, -0.1) is 0 Å². The van der Waals surface area contributed by atoms with E-state index in [9.17, 15) is 19.5 Å². The van der Waals surface area contributed by atoms with E-state index in [1.165, 1.54) is 31.3 Å². The number of aliphatic imine (C=N–C) groups is 1. The van der Waals surface area contributed by atoms with Crippen LogP contribution in [0.15, 0.2) is 53.6 Å². The van der Waals surface area contributed by atoms with Gasteiger partial charge in [0.25, 0.3) is 11.8 Å². The summed E-state index contributed by atoms with van der Waals surface area (Å²) >= 11 is 0. The number of methoxy groups -OCH3 is 2. The fourth-order valence-corrected chi connectivity index (χ4v) is 6.15. The molecule has 4 aliphatic heterocycles. The van der Waals surface area contributed by atoms with Gasteiger partial charge in [0.1, 0.15) is 0 Å². The molecule has 2 saturated heterocycles. The van der Waals surface area contributed by atoms with Crippen molar-refractivity contribution in [2.75, 3.05) is 45.4 Å². The zero-order valence-corrected chi connectivity index (χ0v) is 24.7. The topological polar surface area (TPSA) is 130 Å². The Morgan fingerprint density at radius 2 is 1.50 bits per heavy atom. The lowest BCUT2D eigenvalue weighted by Crippen LogP contribution is -2.48. The van der Waals surface area contributed by atoms with E-state index in [2.05, 4.69) is 18.2 Å². The molecule has 1 N–H and O–H groups in total. The molecule has 0 aliphatic carbocycles. The highest BCUT2D eigenvalue weighted by Crippen LogP contribution is 2.42. The lowest BCUT2D eigenvalue weighted by molar-refractivity contribution is -0.109. The van der Waals surface area contributed by atoms with Crippen LogP contribution in [0.4, 0.5) is 11.4 Å². The van der Waals surface area contributed by atoms with E-state index in [1.807, 2.05) is 0 Å². The minimum absolute atomic E-state index is 0.114. The van der Waals surface area contributed by atoms with Crippen LogP contribution in [0.1, 0.15) is 40.0 Å². The average Bonchev–Trinajstić information content (AvgIpc) is 3.55. The van der Waals surface area contributed by atoms with Crippen LogP contribution >= 0.6 is 0 Å². The molecule has 230 valence electrons. The Balaban J connectivity index is 1.15. The summed E-state index contributed by atoms with van der Waals surface area (Å²) in [5, 5.41) is 11.0. The molecule has 4 heterocycles. The third-order valence-electron chi connectivity index (χ3n) is 8.34. The highest BCUT2D eigenvalue weighted by Gasteiger charge is 2.44. The summed E-state index contributed by atoms with van der Waals surface area (Å²) in [7, 11) is 2.97. The molecular formula is C32H34N4O8. The maximum Gasteiger partial charge on any atom is 0.257 e. The van der Waals surface area contributed by atoms with Gasteiger partial charge in [0.2, 0.25) is 6.41 Å². The molecule has 2 fully saturated rings. The van der Waals surface area contributed by atoms with Crippen molar-refractivity contribution in [2.24, 2.45) is 4.99 Å². The summed E-state index contributed by atoms with van der Waals surface area (Å²) in [6.07, 6.45) is 2.60. The fourth-order valence-electron chi connectivity index (χ4n) is 6.15. The number of fused-ring (bicyclic) bond motifs is 4. The number of rotatable bonds is 9. The van der Waals surface area contributed by atoms with Crippen molar-refractivity contribution < 1.29 is 38.4 Å². The van der Waals surface area contributed by atoms with Crippen LogP contribution in [0.25, 0.3) is 0 Å². The van der Waals surface area contributed by atoms with Gasteiger partial charge in [0.05, 0.1) is 62.0 Å². The number of nitrogens with zero attached hydrogens (tertiary/aromatic N) is 4. The smallest absolute Gasteiger partial charge is 0.257 e. The summed E-state index contributed by atoms with van der Waals surface area (Å²) in [5.74, 6) is 1.04. The summed E-state index contributed by atoms with van der Waals surface area (Å²) in [5.41, 5.74) is 3.22. The lowest BCUT2D eigenvalue weighted by Gasteiger charge is -2.29. The quantitative estimate of drug-likeness (QED) is 0.263. The van der Waals surface area contributed by atoms with Crippen molar-refractivity contribution in [3.8, 4) is 23.0 Å². The molecule has 0 bridgehead atoms. The van der Waals surface area contributed by atoms with E-state index in [0.29, 0.717) is 73.0 Å². The molecule has 2 aromatic carbocycles. The van der Waals surface area contributed by atoms with Gasteiger partial charge in [0.15, 0.2) is 29.2 Å². The summed E-state index contributed by atoms with van der Waals surface area (Å²) < 4.78 is 23.0. The molecule has 6 rings (SSSR count). The number of aliphatic hydroxyl groups is 1. The molecule has 3 unspecified atom stereocenters. The van der Waals surface area contributed by atoms with E-state index in [4.69, 9.17) is 18.9 Å². The molecule has 0 spiro atoms. The van der Waals surface area contributed by atoms with Crippen LogP contribution in [-0.4, -0.2) is 98.2 Å². The lowest BCUT2D eigenvalue weighted by atomic mass is 10.1. The second-order valence-electron chi connectivity index (χ2n) is 11.2. The van der Waals surface area contributed by atoms with Crippen LogP contribution in [0, 0.1) is 0 Å². The number of hydrogen-bond acceptors (Lipinski definition) is 9. The number of carbonyl (C=O) groups is 3. The number of aliphatic hydroxyl groups excluding tert-OH is 1. The Hall–Kier alpha value is -4.84. The molecule has 2 aromatic rings. The SMILES string of the molecule is C=C1CC2C=Nc3cc(OCCCOc4cc5c(cc4OC)C(=O)N4CC(=C)CC4C(O)N5C=O)c(OC)cc3C(=O)N2C1. The standard InChI is InChI=1S/C32H34N4O8/c1-18-8-20-14-33-23-12-28(26(41-3)10-21(23)30(38)34(20)15-18)43-6-5-7-44-29-13-24-22(11-27(29)42-4)31(39)35-16-19(2)9-25(35)32(40)36(24)17-37/h10-14,17,20,25,32,40H,1-2,5-9,15-16H2,3-4H3. The summed E-state index contributed by atoms with van der Waals surface area (Å²) in [4.78, 5) is 47.7. The van der Waals surface area contributed by atoms with Gasteiger partial charge < -0.3 is 33.9 Å². The number of ether oxygens (including phenoxy) is 4. The number of hydrogen-bond donors (Lipinski definition) is 1. The third-order valence-corrected chi connectivity index (χ3v) is 8.34. The first-order valence-corrected chi connectivity index (χ1v) is 14.3. The van der Waals surface area contributed by atoms with Gasteiger partial charge in [0, 0.05) is 37.9 Å². The van der Waals surface area contributed by atoms with Crippen molar-refractivity contribution in [2.45, 2.75) is 37.6 Å². The van der Waals surface area contributed by atoms with E-state index < -0.39 is 12.3 Å². The van der Waals surface area contributed by atoms with Crippen LogP contribution in [0.5, 0.6) is 23.0 Å². The number of carbonyl (C=O) groups excluding carboxylic acids is 3. The maximum atomic E-state index is 13.4. The Morgan fingerprint density at radius 3 is 2.18 bits per heavy atom. The van der Waals surface area contributed by atoms with E-state index in [0.717, 1.165) is 16.0 Å². The van der Waals surface area contributed by atoms with E-state index in [1.54, 1.807) is 23.2 Å². The molecule has 0 saturated carbocycles. The number of anilines is 1. The molecule has 3 atom stereocenters. The van der Waals surface area contributed by atoms with Crippen LogP contribution < -0.4 is 23.8 Å². The van der Waals surface area contributed by atoms with Gasteiger partial charge in [-0.3, -0.25) is 24.3 Å². The molecule has 3 amide bonds. The van der Waals surface area contributed by atoms with Gasteiger partial charge >= 0.3 is 0 Å². The first-order chi connectivity index (χ1) is 21.2. The largest absolute Gasteiger partial charge is 0.493 e. The zero-order chi connectivity index (χ0) is 31.1. The van der Waals surface area contributed by atoms with Crippen LogP contribution in [0.2, 0.25) is 0 Å². The first kappa shape index (κ1) is 29.2. The molecule has 0 aromatic heterocycles. The highest BCUT2D eigenvalue weighted by molar-refractivity contribution is 6.05. The van der Waals surface area contributed by atoms with Crippen molar-refractivity contribution in [1.82, 2.24) is 9.80 Å². The third kappa shape index (κ3) is 5.04. The fraction of sp³-hybridized carbons (Fsp3) is 0.375. The Labute approximate surface area is 254 Å². The molecule has 12 nitrogen and oxygen atoms in total. The van der Waals surface area contributed by atoms with Gasteiger partial charge in [-0.25, -0.2) is 0 Å². The minimum Gasteiger partial charge on any atom is -0.493 e. The average molecular weight is 603 g/mol. The monoisotopic (exact) mass is 602 g/mol. The maximum absolute atomic E-state index is 13.4. The Kier molecular flexibility index (Phi) is 7.76. The normalized spacial score (nSPS) is 22.2. The predicted octanol–water partition coefficient (Wildman–Crippen LogP) is 3.10. The minimum atomic E-state index is -1.24. The molecular weight excluding hydrogens is 568 g/mol. The van der Waals surface area contributed by atoms with Gasteiger partial charge in [-0.1, -0.05) is 24.3 Å². The molecule has 12 heteroatoms. The Morgan fingerprint density at radius 1 is 0.886 bits per heavy atom. The van der Waals surface area contributed by atoms with Crippen LogP contribution in [-0.2, 0) is 4.79 Å². The second kappa shape index (κ2) is 11.7. The molecule has 44 heavy (non-hydrogen) atoms. The summed E-state index contributed by atoms with van der Waals surface area (Å²) in [6.45, 7) is 9.24. The number of benzene rings is 2. The van der Waals surface area contributed by atoms with E-state index >= 15 is 0 Å². The first-order valence-electron chi connectivity index (χ1n) is 14.3. The highest BCUT2D eigenvalue weighted by atomic mass is 16.5. The zero-order valence-electron chi connectivity index (χ0n) is 24.7. The molecule has 4 aliphatic rings. The van der Waals surface area contributed by atoms with Crippen molar-refractivity contribution in [3.63, 3.8) is 0 Å². The van der Waals surface area contributed by atoms with Crippen LogP contribution in [0.3, 0.4) is 0 Å². The van der Waals surface area contributed by atoms with Crippen molar-refractivity contribution in [3.05, 3.63) is 59.7 Å². The second-order valence-corrected chi connectivity index (χ2v) is 11.2. The predicted molar refractivity (Wildman–Crippen MR) is 161 cm³/mol. The van der Waals surface area contributed by atoms with Crippen molar-refractivity contribution >= 4 is 35.8 Å². The molecule has 0 radical (unpaired) electrons.